The zero-order chi connectivity index (χ0) is 19.1. The van der Waals surface area contributed by atoms with Crippen LogP contribution < -0.4 is 10.1 Å². The van der Waals surface area contributed by atoms with Crippen LogP contribution >= 0.6 is 0 Å². The highest BCUT2D eigenvalue weighted by atomic mass is 16.5. The number of carbonyl (C=O) groups is 1. The Kier molecular flexibility index (Phi) is 7.26. The Hall–Kier alpha value is -2.29. The Balaban J connectivity index is 2.01. The maximum Gasteiger partial charge on any atom is 0.231 e. The molecule has 0 spiro atoms. The van der Waals surface area contributed by atoms with Crippen LogP contribution in [-0.2, 0) is 11.2 Å². The zero-order valence-electron chi connectivity index (χ0n) is 16.6. The van der Waals surface area contributed by atoms with Gasteiger partial charge in [-0.2, -0.15) is 0 Å². The Labute approximate surface area is 157 Å². The van der Waals surface area contributed by atoms with Crippen molar-refractivity contribution in [2.24, 2.45) is 5.92 Å². The Morgan fingerprint density at radius 1 is 1.04 bits per heavy atom. The summed E-state index contributed by atoms with van der Waals surface area (Å²) in [6.45, 7) is 10.5. The number of amides is 1. The molecule has 2 aromatic carbocycles. The van der Waals surface area contributed by atoms with Gasteiger partial charge in [-0.05, 0) is 55.9 Å². The summed E-state index contributed by atoms with van der Waals surface area (Å²) in [6, 6.07) is 16.0. The number of benzene rings is 2. The minimum Gasteiger partial charge on any atom is -0.491 e. The van der Waals surface area contributed by atoms with E-state index in [1.54, 1.807) is 0 Å². The molecule has 140 valence electrons. The molecule has 0 aliphatic rings. The van der Waals surface area contributed by atoms with Gasteiger partial charge in [0.25, 0.3) is 0 Å². The zero-order valence-corrected chi connectivity index (χ0v) is 16.6. The predicted molar refractivity (Wildman–Crippen MR) is 109 cm³/mol. The van der Waals surface area contributed by atoms with E-state index in [9.17, 15) is 4.79 Å². The number of ether oxygens (including phenoxy) is 1. The summed E-state index contributed by atoms with van der Waals surface area (Å²) in [6.07, 6.45) is 2.16. The van der Waals surface area contributed by atoms with Gasteiger partial charge in [0.1, 0.15) is 5.75 Å². The SMILES string of the molecule is CCC(C)Oc1cccc(NC(=O)C(C)c2ccc(CC(C)C)cc2)c1. The summed E-state index contributed by atoms with van der Waals surface area (Å²) in [5.74, 6) is 1.19. The van der Waals surface area contributed by atoms with Crippen molar-refractivity contribution in [2.45, 2.75) is 59.5 Å². The maximum absolute atomic E-state index is 12.6. The van der Waals surface area contributed by atoms with Crippen LogP contribution in [0, 0.1) is 5.92 Å². The Morgan fingerprint density at radius 3 is 2.35 bits per heavy atom. The molecule has 0 radical (unpaired) electrons. The van der Waals surface area contributed by atoms with Gasteiger partial charge in [-0.15, -0.1) is 0 Å². The molecule has 0 aliphatic heterocycles. The first-order valence-corrected chi connectivity index (χ1v) is 9.55. The van der Waals surface area contributed by atoms with Crippen molar-refractivity contribution < 1.29 is 9.53 Å². The third-order valence-corrected chi connectivity index (χ3v) is 4.53. The van der Waals surface area contributed by atoms with E-state index >= 15 is 0 Å². The maximum atomic E-state index is 12.6. The van der Waals surface area contributed by atoms with Crippen molar-refractivity contribution in [3.63, 3.8) is 0 Å². The van der Waals surface area contributed by atoms with Gasteiger partial charge < -0.3 is 10.1 Å². The fourth-order valence-corrected chi connectivity index (χ4v) is 2.78. The molecular formula is C23H31NO2. The van der Waals surface area contributed by atoms with E-state index in [-0.39, 0.29) is 17.9 Å². The minimum absolute atomic E-state index is 0.0118. The Morgan fingerprint density at radius 2 is 1.73 bits per heavy atom. The summed E-state index contributed by atoms with van der Waals surface area (Å²) in [5, 5.41) is 3.00. The predicted octanol–water partition coefficient (Wildman–Crippen LogP) is 5.80. The highest BCUT2D eigenvalue weighted by Gasteiger charge is 2.16. The van der Waals surface area contributed by atoms with Crippen molar-refractivity contribution >= 4 is 11.6 Å². The van der Waals surface area contributed by atoms with E-state index in [0.29, 0.717) is 5.92 Å². The molecule has 2 aromatic rings. The van der Waals surface area contributed by atoms with E-state index in [1.165, 1.54) is 5.56 Å². The summed E-state index contributed by atoms with van der Waals surface area (Å²) in [7, 11) is 0. The van der Waals surface area contributed by atoms with Crippen molar-refractivity contribution in [3.8, 4) is 5.75 Å². The van der Waals surface area contributed by atoms with Crippen LogP contribution in [0.25, 0.3) is 0 Å². The van der Waals surface area contributed by atoms with E-state index in [4.69, 9.17) is 4.74 Å². The average molecular weight is 354 g/mol. The molecule has 0 heterocycles. The standard InChI is InChI=1S/C23H31NO2/c1-6-17(4)26-22-9-7-8-21(15-22)24-23(25)18(5)20-12-10-19(11-13-20)14-16(2)3/h7-13,15-18H,6,14H2,1-5H3,(H,24,25). The highest BCUT2D eigenvalue weighted by molar-refractivity contribution is 5.95. The van der Waals surface area contributed by atoms with E-state index in [0.717, 1.165) is 29.8 Å². The number of anilines is 1. The average Bonchev–Trinajstić information content (AvgIpc) is 2.61. The number of carbonyl (C=O) groups excluding carboxylic acids is 1. The first-order chi connectivity index (χ1) is 12.4. The minimum atomic E-state index is -0.206. The van der Waals surface area contributed by atoms with Crippen LogP contribution in [0.3, 0.4) is 0 Å². The van der Waals surface area contributed by atoms with Gasteiger partial charge in [0, 0.05) is 11.8 Å². The van der Waals surface area contributed by atoms with Crippen molar-refractivity contribution in [1.82, 2.24) is 0 Å². The monoisotopic (exact) mass is 353 g/mol. The molecule has 3 nitrogen and oxygen atoms in total. The number of hydrogen-bond acceptors (Lipinski definition) is 2. The largest absolute Gasteiger partial charge is 0.491 e. The number of rotatable bonds is 8. The van der Waals surface area contributed by atoms with Crippen LogP contribution in [0.4, 0.5) is 5.69 Å². The van der Waals surface area contributed by atoms with Crippen LogP contribution in [0.2, 0.25) is 0 Å². The third-order valence-electron chi connectivity index (χ3n) is 4.53. The van der Waals surface area contributed by atoms with Crippen molar-refractivity contribution in [3.05, 3.63) is 59.7 Å². The number of nitrogens with one attached hydrogen (secondary N) is 1. The molecule has 0 aromatic heterocycles. The van der Waals surface area contributed by atoms with Crippen LogP contribution in [0.1, 0.15) is 58.1 Å². The second kappa shape index (κ2) is 9.42. The lowest BCUT2D eigenvalue weighted by molar-refractivity contribution is -0.117. The molecule has 2 rings (SSSR count). The van der Waals surface area contributed by atoms with Gasteiger partial charge in [0.05, 0.1) is 12.0 Å². The lowest BCUT2D eigenvalue weighted by Gasteiger charge is -2.16. The molecule has 0 bridgehead atoms. The van der Waals surface area contributed by atoms with Gasteiger partial charge in [-0.25, -0.2) is 0 Å². The molecule has 2 unspecified atom stereocenters. The lowest BCUT2D eigenvalue weighted by atomic mass is 9.96. The van der Waals surface area contributed by atoms with Gasteiger partial charge in [0.2, 0.25) is 5.91 Å². The van der Waals surface area contributed by atoms with Crippen LogP contribution in [-0.4, -0.2) is 12.0 Å². The van der Waals surface area contributed by atoms with E-state index in [2.05, 4.69) is 50.4 Å². The number of hydrogen-bond donors (Lipinski definition) is 1. The first-order valence-electron chi connectivity index (χ1n) is 9.55. The summed E-state index contributed by atoms with van der Waals surface area (Å²) < 4.78 is 5.82. The fourth-order valence-electron chi connectivity index (χ4n) is 2.78. The summed E-state index contributed by atoms with van der Waals surface area (Å²) in [5.41, 5.74) is 3.10. The topological polar surface area (TPSA) is 38.3 Å². The molecule has 0 fully saturated rings. The Bertz CT molecular complexity index is 706. The van der Waals surface area contributed by atoms with Crippen molar-refractivity contribution in [1.29, 1.82) is 0 Å². The molecule has 0 aliphatic carbocycles. The molecule has 2 atom stereocenters. The summed E-state index contributed by atoms with van der Waals surface area (Å²) in [4.78, 5) is 12.6. The van der Waals surface area contributed by atoms with Gasteiger partial charge in [-0.1, -0.05) is 51.1 Å². The van der Waals surface area contributed by atoms with Gasteiger partial charge in [-0.3, -0.25) is 4.79 Å². The molecule has 0 saturated heterocycles. The second-order valence-electron chi connectivity index (χ2n) is 7.42. The van der Waals surface area contributed by atoms with Crippen LogP contribution in [0.15, 0.2) is 48.5 Å². The van der Waals surface area contributed by atoms with Crippen LogP contribution in [0.5, 0.6) is 5.75 Å². The van der Waals surface area contributed by atoms with Gasteiger partial charge >= 0.3 is 0 Å². The van der Waals surface area contributed by atoms with Crippen molar-refractivity contribution in [2.75, 3.05) is 5.32 Å². The molecule has 1 N–H and O–H groups in total. The second-order valence-corrected chi connectivity index (χ2v) is 7.42. The lowest BCUT2D eigenvalue weighted by Crippen LogP contribution is -2.19. The van der Waals surface area contributed by atoms with E-state index in [1.807, 2.05) is 38.1 Å². The molecule has 3 heteroatoms. The highest BCUT2D eigenvalue weighted by Crippen LogP contribution is 2.22. The fraction of sp³-hybridized carbons (Fsp3) is 0.435. The molecule has 0 saturated carbocycles. The first kappa shape index (κ1) is 20.0. The van der Waals surface area contributed by atoms with Gasteiger partial charge in [0.15, 0.2) is 0 Å². The molecule has 1 amide bonds. The summed E-state index contributed by atoms with van der Waals surface area (Å²) >= 11 is 0. The normalized spacial score (nSPS) is 13.3. The molecular weight excluding hydrogens is 322 g/mol. The smallest absolute Gasteiger partial charge is 0.231 e. The molecule has 26 heavy (non-hydrogen) atoms. The quantitative estimate of drug-likeness (QED) is 0.651. The third kappa shape index (κ3) is 5.91. The van der Waals surface area contributed by atoms with E-state index < -0.39 is 0 Å².